The van der Waals surface area contributed by atoms with E-state index in [1.165, 1.54) is 0 Å². The van der Waals surface area contributed by atoms with E-state index in [-0.39, 0.29) is 5.75 Å². The Balaban J connectivity index is 2.42. The molecular weight excluding hydrogens is 316 g/mol. The minimum atomic E-state index is 0.165. The summed E-state index contributed by atoms with van der Waals surface area (Å²) in [7, 11) is 1.59. The average Bonchev–Trinajstić information content (AvgIpc) is 2.64. The summed E-state index contributed by atoms with van der Waals surface area (Å²) in [5, 5.41) is 9.69. The monoisotopic (exact) mass is 344 g/mol. The normalized spacial score (nSPS) is 10.7. The lowest BCUT2D eigenvalue weighted by molar-refractivity contribution is 0.289. The highest BCUT2D eigenvalue weighted by Crippen LogP contribution is 2.35. The van der Waals surface area contributed by atoms with E-state index < -0.39 is 0 Å². The molecule has 0 radical (unpaired) electrons. The number of unbranched alkanes of at least 4 members (excludes halogenated alkanes) is 2. The van der Waals surface area contributed by atoms with Crippen LogP contribution in [0.3, 0.4) is 0 Å². The maximum absolute atomic E-state index is 9.69. The van der Waals surface area contributed by atoms with Crippen molar-refractivity contribution in [3.63, 3.8) is 0 Å². The van der Waals surface area contributed by atoms with Crippen LogP contribution in [-0.2, 0) is 12.8 Å². The summed E-state index contributed by atoms with van der Waals surface area (Å²) in [6.45, 7) is 6.94. The van der Waals surface area contributed by atoms with E-state index >= 15 is 0 Å². The third kappa shape index (κ3) is 4.62. The van der Waals surface area contributed by atoms with Gasteiger partial charge in [0.1, 0.15) is 17.2 Å². The van der Waals surface area contributed by atoms with Gasteiger partial charge in [0.25, 0.3) is 0 Å². The van der Waals surface area contributed by atoms with Gasteiger partial charge in [-0.2, -0.15) is 0 Å². The van der Waals surface area contributed by atoms with E-state index in [1.54, 1.807) is 19.2 Å². The number of phenolic OH excluding ortho intramolecular Hbond substituents is 1. The SMILES string of the molecule is CCCCCOc1nc(CC)c(-c2ccc(O)cc2OC)nc1CC. The molecule has 0 unspecified atom stereocenters. The number of methoxy groups -OCH3 is 1. The second-order valence-electron chi connectivity index (χ2n) is 5.92. The van der Waals surface area contributed by atoms with E-state index in [2.05, 4.69) is 6.92 Å². The zero-order chi connectivity index (χ0) is 18.2. The van der Waals surface area contributed by atoms with Crippen LogP contribution in [0.4, 0.5) is 0 Å². The molecule has 0 spiro atoms. The Hall–Kier alpha value is -2.30. The van der Waals surface area contributed by atoms with Crippen molar-refractivity contribution >= 4 is 0 Å². The molecule has 0 atom stereocenters. The summed E-state index contributed by atoms with van der Waals surface area (Å²) >= 11 is 0. The molecule has 5 heteroatoms. The predicted molar refractivity (Wildman–Crippen MR) is 99.5 cm³/mol. The van der Waals surface area contributed by atoms with Gasteiger partial charge in [-0.25, -0.2) is 9.97 Å². The van der Waals surface area contributed by atoms with Crippen LogP contribution in [0.2, 0.25) is 0 Å². The number of aromatic nitrogens is 2. The lowest BCUT2D eigenvalue weighted by Crippen LogP contribution is -2.08. The number of aryl methyl sites for hydroxylation is 2. The van der Waals surface area contributed by atoms with Crippen LogP contribution >= 0.6 is 0 Å². The summed E-state index contributed by atoms with van der Waals surface area (Å²) in [4.78, 5) is 9.55. The van der Waals surface area contributed by atoms with Crippen molar-refractivity contribution < 1.29 is 14.6 Å². The topological polar surface area (TPSA) is 64.5 Å². The molecule has 2 rings (SSSR count). The minimum Gasteiger partial charge on any atom is -0.508 e. The van der Waals surface area contributed by atoms with Crippen molar-refractivity contribution in [1.29, 1.82) is 0 Å². The van der Waals surface area contributed by atoms with Gasteiger partial charge in [-0.1, -0.05) is 33.6 Å². The maximum atomic E-state index is 9.69. The summed E-state index contributed by atoms with van der Waals surface area (Å²) in [6, 6.07) is 5.05. The van der Waals surface area contributed by atoms with Crippen LogP contribution < -0.4 is 9.47 Å². The van der Waals surface area contributed by atoms with Gasteiger partial charge < -0.3 is 14.6 Å². The number of hydrogen-bond acceptors (Lipinski definition) is 5. The van der Waals surface area contributed by atoms with Crippen molar-refractivity contribution in [2.75, 3.05) is 13.7 Å². The average molecular weight is 344 g/mol. The molecule has 0 aliphatic heterocycles. The van der Waals surface area contributed by atoms with Gasteiger partial charge in [-0.3, -0.25) is 0 Å². The number of aromatic hydroxyl groups is 1. The van der Waals surface area contributed by atoms with Gasteiger partial charge in [0.15, 0.2) is 0 Å². The fourth-order valence-electron chi connectivity index (χ4n) is 2.69. The smallest absolute Gasteiger partial charge is 0.235 e. The number of benzene rings is 1. The molecule has 1 N–H and O–H groups in total. The molecule has 1 aromatic carbocycles. The Morgan fingerprint density at radius 2 is 1.76 bits per heavy atom. The van der Waals surface area contributed by atoms with Crippen LogP contribution in [0.5, 0.6) is 17.4 Å². The fraction of sp³-hybridized carbons (Fsp3) is 0.500. The van der Waals surface area contributed by atoms with Gasteiger partial charge in [0.2, 0.25) is 5.88 Å². The highest BCUT2D eigenvalue weighted by molar-refractivity contribution is 5.70. The molecule has 2 aromatic rings. The van der Waals surface area contributed by atoms with Gasteiger partial charge >= 0.3 is 0 Å². The molecule has 0 amide bonds. The van der Waals surface area contributed by atoms with Crippen molar-refractivity contribution in [3.8, 4) is 28.6 Å². The van der Waals surface area contributed by atoms with Crippen molar-refractivity contribution in [2.24, 2.45) is 0 Å². The largest absolute Gasteiger partial charge is 0.508 e. The Morgan fingerprint density at radius 1 is 1.00 bits per heavy atom. The number of phenols is 1. The van der Waals surface area contributed by atoms with Crippen LogP contribution in [0.15, 0.2) is 18.2 Å². The Morgan fingerprint density at radius 3 is 2.40 bits per heavy atom. The van der Waals surface area contributed by atoms with Crippen molar-refractivity contribution in [1.82, 2.24) is 9.97 Å². The third-order valence-electron chi connectivity index (χ3n) is 4.10. The second kappa shape index (κ2) is 9.25. The number of hydrogen-bond donors (Lipinski definition) is 1. The first kappa shape index (κ1) is 19.0. The molecule has 0 aliphatic carbocycles. The number of rotatable bonds is 9. The summed E-state index contributed by atoms with van der Waals surface area (Å²) < 4.78 is 11.3. The van der Waals surface area contributed by atoms with Gasteiger partial charge in [-0.05, 0) is 31.4 Å². The molecule has 1 aromatic heterocycles. The third-order valence-corrected chi connectivity index (χ3v) is 4.10. The molecule has 5 nitrogen and oxygen atoms in total. The lowest BCUT2D eigenvalue weighted by atomic mass is 10.1. The van der Waals surface area contributed by atoms with E-state index in [0.29, 0.717) is 18.2 Å². The highest BCUT2D eigenvalue weighted by Gasteiger charge is 2.17. The summed E-state index contributed by atoms with van der Waals surface area (Å²) in [6.07, 6.45) is 4.82. The zero-order valence-corrected chi connectivity index (χ0v) is 15.6. The summed E-state index contributed by atoms with van der Waals surface area (Å²) in [5.41, 5.74) is 3.33. The first-order valence-electron chi connectivity index (χ1n) is 9.04. The standard InChI is InChI=1S/C20H28N2O3/c1-5-8-9-12-25-20-17(7-3)21-19(16(6-2)22-20)15-11-10-14(23)13-18(15)24-4/h10-11,13,23H,5-9,12H2,1-4H3. The molecule has 25 heavy (non-hydrogen) atoms. The summed E-state index contributed by atoms with van der Waals surface area (Å²) in [5.74, 6) is 1.39. The minimum absolute atomic E-state index is 0.165. The molecule has 0 aliphatic rings. The van der Waals surface area contributed by atoms with Gasteiger partial charge in [0, 0.05) is 11.6 Å². The van der Waals surface area contributed by atoms with E-state index in [4.69, 9.17) is 19.4 Å². The van der Waals surface area contributed by atoms with Gasteiger partial charge in [-0.15, -0.1) is 0 Å². The van der Waals surface area contributed by atoms with Crippen LogP contribution in [0.1, 0.15) is 51.4 Å². The molecule has 0 saturated carbocycles. The fourth-order valence-corrected chi connectivity index (χ4v) is 2.69. The zero-order valence-electron chi connectivity index (χ0n) is 15.6. The molecule has 136 valence electrons. The molecule has 0 saturated heterocycles. The van der Waals surface area contributed by atoms with Gasteiger partial charge in [0.05, 0.1) is 25.1 Å². The van der Waals surface area contributed by atoms with Crippen molar-refractivity contribution in [2.45, 2.75) is 52.9 Å². The second-order valence-corrected chi connectivity index (χ2v) is 5.92. The Labute approximate surface area is 150 Å². The maximum Gasteiger partial charge on any atom is 0.235 e. The molecule has 0 fully saturated rings. The quantitative estimate of drug-likeness (QED) is 0.676. The van der Waals surface area contributed by atoms with E-state index in [9.17, 15) is 5.11 Å². The van der Waals surface area contributed by atoms with E-state index in [1.807, 2.05) is 19.9 Å². The lowest BCUT2D eigenvalue weighted by Gasteiger charge is -2.15. The first-order chi connectivity index (χ1) is 12.1. The van der Waals surface area contributed by atoms with Crippen LogP contribution in [-0.4, -0.2) is 28.8 Å². The Kier molecular flexibility index (Phi) is 7.04. The molecule has 1 heterocycles. The van der Waals surface area contributed by atoms with E-state index in [0.717, 1.165) is 54.7 Å². The number of nitrogens with zero attached hydrogens (tertiary/aromatic N) is 2. The van der Waals surface area contributed by atoms with Crippen LogP contribution in [0.25, 0.3) is 11.3 Å². The molecule has 0 bridgehead atoms. The Bertz CT molecular complexity index is 702. The highest BCUT2D eigenvalue weighted by atomic mass is 16.5. The van der Waals surface area contributed by atoms with Crippen LogP contribution in [0, 0.1) is 0 Å². The number of ether oxygens (including phenoxy) is 2. The predicted octanol–water partition coefficient (Wildman–Crippen LogP) is 4.55. The first-order valence-corrected chi connectivity index (χ1v) is 9.04. The van der Waals surface area contributed by atoms with Crippen molar-refractivity contribution in [3.05, 3.63) is 29.6 Å². The molecular formula is C20H28N2O3.